The summed E-state index contributed by atoms with van der Waals surface area (Å²) in [5, 5.41) is 2.49. The predicted molar refractivity (Wildman–Crippen MR) is 99.1 cm³/mol. The number of nitrogens with one attached hydrogen (secondary N) is 1. The fourth-order valence-electron chi connectivity index (χ4n) is 2.22. The number of amides is 2. The molecule has 0 saturated heterocycles. The molecule has 0 radical (unpaired) electrons. The Morgan fingerprint density at radius 2 is 1.69 bits per heavy atom. The van der Waals surface area contributed by atoms with Crippen molar-refractivity contribution in [1.29, 1.82) is 0 Å². The molecule has 136 valence electrons. The molecular formula is C20H22N2O4. The zero-order valence-corrected chi connectivity index (χ0v) is 15.1. The van der Waals surface area contributed by atoms with Crippen molar-refractivity contribution in [2.24, 2.45) is 0 Å². The van der Waals surface area contributed by atoms with Gasteiger partial charge in [0.05, 0.1) is 0 Å². The average Bonchev–Trinajstić information content (AvgIpc) is 2.66. The molecule has 0 aromatic heterocycles. The number of para-hydroxylation sites is 1. The molecule has 0 saturated carbocycles. The molecule has 2 rings (SSSR count). The van der Waals surface area contributed by atoms with Gasteiger partial charge in [0.2, 0.25) is 0 Å². The molecule has 0 heterocycles. The number of carbonyl (C=O) groups is 3. The summed E-state index contributed by atoms with van der Waals surface area (Å²) in [6, 6.07) is 14.3. The molecule has 2 aromatic carbocycles. The maximum atomic E-state index is 12.0. The lowest BCUT2D eigenvalue weighted by Gasteiger charge is -2.17. The first-order valence-corrected chi connectivity index (χ1v) is 8.21. The molecule has 6 nitrogen and oxygen atoms in total. The number of ether oxygens (including phenoxy) is 1. The molecule has 0 spiro atoms. The van der Waals surface area contributed by atoms with Crippen molar-refractivity contribution in [3.05, 3.63) is 65.2 Å². The Bertz CT molecular complexity index is 803. The standard InChI is InChI=1S/C20H22N2O4/c1-14-9-10-16(11-15(14)2)20(25)21-12-19(24)26-13-18(23)22(3)17-7-5-4-6-8-17/h4-11H,12-13H2,1-3H3,(H,21,25). The molecule has 0 aliphatic heterocycles. The van der Waals surface area contributed by atoms with Crippen molar-refractivity contribution in [1.82, 2.24) is 5.32 Å². The van der Waals surface area contributed by atoms with Crippen molar-refractivity contribution in [3.63, 3.8) is 0 Å². The number of aryl methyl sites for hydroxylation is 2. The first kappa shape index (κ1) is 19.2. The first-order chi connectivity index (χ1) is 12.4. The summed E-state index contributed by atoms with van der Waals surface area (Å²) >= 11 is 0. The van der Waals surface area contributed by atoms with E-state index in [2.05, 4.69) is 5.32 Å². The van der Waals surface area contributed by atoms with Crippen LogP contribution in [0.15, 0.2) is 48.5 Å². The van der Waals surface area contributed by atoms with E-state index >= 15 is 0 Å². The van der Waals surface area contributed by atoms with Crippen LogP contribution in [0.3, 0.4) is 0 Å². The van der Waals surface area contributed by atoms with Gasteiger partial charge in [0.25, 0.3) is 11.8 Å². The lowest BCUT2D eigenvalue weighted by molar-refractivity contribution is -0.146. The van der Waals surface area contributed by atoms with E-state index in [1.807, 2.05) is 38.1 Å². The minimum atomic E-state index is -0.669. The number of hydrogen-bond acceptors (Lipinski definition) is 4. The second-order valence-corrected chi connectivity index (χ2v) is 5.93. The van der Waals surface area contributed by atoms with Crippen LogP contribution in [-0.4, -0.2) is 38.0 Å². The smallest absolute Gasteiger partial charge is 0.325 e. The van der Waals surface area contributed by atoms with Crippen molar-refractivity contribution in [2.75, 3.05) is 25.1 Å². The Balaban J connectivity index is 1.79. The van der Waals surface area contributed by atoms with Crippen LogP contribution in [0, 0.1) is 13.8 Å². The molecule has 0 bridgehead atoms. The SMILES string of the molecule is Cc1ccc(C(=O)NCC(=O)OCC(=O)N(C)c2ccccc2)cc1C. The van der Waals surface area contributed by atoms with E-state index in [4.69, 9.17) is 4.74 Å². The third-order valence-electron chi connectivity index (χ3n) is 4.04. The van der Waals surface area contributed by atoms with Crippen LogP contribution >= 0.6 is 0 Å². The molecule has 6 heteroatoms. The largest absolute Gasteiger partial charge is 0.454 e. The highest BCUT2D eigenvalue weighted by Gasteiger charge is 2.14. The Morgan fingerprint density at radius 1 is 1.00 bits per heavy atom. The number of carbonyl (C=O) groups excluding carboxylic acids is 3. The third-order valence-corrected chi connectivity index (χ3v) is 4.04. The topological polar surface area (TPSA) is 75.7 Å². The van der Waals surface area contributed by atoms with E-state index in [0.29, 0.717) is 11.3 Å². The zero-order chi connectivity index (χ0) is 19.1. The second kappa shape index (κ2) is 8.80. The van der Waals surface area contributed by atoms with Gasteiger partial charge in [-0.15, -0.1) is 0 Å². The summed E-state index contributed by atoms with van der Waals surface area (Å²) in [7, 11) is 1.60. The number of nitrogens with zero attached hydrogens (tertiary/aromatic N) is 1. The highest BCUT2D eigenvalue weighted by Crippen LogP contribution is 2.11. The fraction of sp³-hybridized carbons (Fsp3) is 0.250. The number of anilines is 1. The van der Waals surface area contributed by atoms with Crippen LogP contribution in [0.2, 0.25) is 0 Å². The molecule has 2 amide bonds. The average molecular weight is 354 g/mol. The van der Waals surface area contributed by atoms with Crippen LogP contribution in [0.1, 0.15) is 21.5 Å². The van der Waals surface area contributed by atoms with Gasteiger partial charge in [-0.25, -0.2) is 0 Å². The van der Waals surface area contributed by atoms with E-state index in [0.717, 1.165) is 11.1 Å². The van der Waals surface area contributed by atoms with Crippen LogP contribution in [0.4, 0.5) is 5.69 Å². The number of hydrogen-bond donors (Lipinski definition) is 1. The lowest BCUT2D eigenvalue weighted by Crippen LogP contribution is -2.34. The van der Waals surface area contributed by atoms with Crippen LogP contribution in [-0.2, 0) is 14.3 Å². The van der Waals surface area contributed by atoms with Crippen molar-refractivity contribution >= 4 is 23.5 Å². The molecule has 0 unspecified atom stereocenters. The van der Waals surface area contributed by atoms with Crippen molar-refractivity contribution in [3.8, 4) is 0 Å². The highest BCUT2D eigenvalue weighted by molar-refractivity contribution is 5.97. The van der Waals surface area contributed by atoms with Crippen LogP contribution in [0.25, 0.3) is 0 Å². The zero-order valence-electron chi connectivity index (χ0n) is 15.1. The van der Waals surface area contributed by atoms with Gasteiger partial charge >= 0.3 is 5.97 Å². The van der Waals surface area contributed by atoms with Gasteiger partial charge in [-0.05, 0) is 49.2 Å². The maximum Gasteiger partial charge on any atom is 0.325 e. The van der Waals surface area contributed by atoms with Crippen LogP contribution < -0.4 is 10.2 Å². The Kier molecular flexibility index (Phi) is 6.49. The molecule has 0 aliphatic carbocycles. The van der Waals surface area contributed by atoms with E-state index in [1.54, 1.807) is 31.3 Å². The molecular weight excluding hydrogens is 332 g/mol. The van der Waals surface area contributed by atoms with E-state index < -0.39 is 5.97 Å². The Morgan fingerprint density at radius 3 is 2.35 bits per heavy atom. The summed E-state index contributed by atoms with van der Waals surface area (Å²) in [5.74, 6) is -1.39. The van der Waals surface area contributed by atoms with E-state index in [9.17, 15) is 14.4 Å². The van der Waals surface area contributed by atoms with Crippen LogP contribution in [0.5, 0.6) is 0 Å². The van der Waals surface area contributed by atoms with Gasteiger partial charge in [-0.1, -0.05) is 24.3 Å². The quantitative estimate of drug-likeness (QED) is 0.807. The molecule has 26 heavy (non-hydrogen) atoms. The molecule has 0 aliphatic rings. The Labute approximate surface area is 152 Å². The van der Waals surface area contributed by atoms with Gasteiger partial charge in [0.1, 0.15) is 6.54 Å². The van der Waals surface area contributed by atoms with Crippen molar-refractivity contribution < 1.29 is 19.1 Å². The lowest BCUT2D eigenvalue weighted by atomic mass is 10.1. The van der Waals surface area contributed by atoms with Gasteiger partial charge in [0, 0.05) is 18.3 Å². The minimum Gasteiger partial charge on any atom is -0.454 e. The van der Waals surface area contributed by atoms with Gasteiger partial charge in [-0.2, -0.15) is 0 Å². The second-order valence-electron chi connectivity index (χ2n) is 5.93. The third kappa shape index (κ3) is 5.17. The molecule has 2 aromatic rings. The van der Waals surface area contributed by atoms with Gasteiger partial charge in [-0.3, -0.25) is 14.4 Å². The number of benzene rings is 2. The highest BCUT2D eigenvalue weighted by atomic mass is 16.5. The molecule has 0 atom stereocenters. The van der Waals surface area contributed by atoms with Gasteiger partial charge < -0.3 is 15.0 Å². The molecule has 1 N–H and O–H groups in total. The molecule has 0 fully saturated rings. The number of esters is 1. The number of likely N-dealkylation sites (N-methyl/N-ethyl adjacent to an activating group) is 1. The minimum absolute atomic E-state index is 0.298. The maximum absolute atomic E-state index is 12.0. The Hall–Kier alpha value is -3.15. The predicted octanol–water partition coefficient (Wildman–Crippen LogP) is 2.24. The number of rotatable bonds is 6. The monoisotopic (exact) mass is 354 g/mol. The normalized spacial score (nSPS) is 10.1. The van der Waals surface area contributed by atoms with E-state index in [1.165, 1.54) is 4.90 Å². The fourth-order valence-corrected chi connectivity index (χ4v) is 2.22. The summed E-state index contributed by atoms with van der Waals surface area (Å²) in [6.07, 6.45) is 0. The summed E-state index contributed by atoms with van der Waals surface area (Å²) in [6.45, 7) is 3.19. The van der Waals surface area contributed by atoms with Gasteiger partial charge in [0.15, 0.2) is 6.61 Å². The summed E-state index contributed by atoms with van der Waals surface area (Å²) in [4.78, 5) is 37.2. The first-order valence-electron chi connectivity index (χ1n) is 8.21. The van der Waals surface area contributed by atoms with E-state index in [-0.39, 0.29) is 25.0 Å². The summed E-state index contributed by atoms with van der Waals surface area (Å²) in [5.41, 5.74) is 3.26. The summed E-state index contributed by atoms with van der Waals surface area (Å²) < 4.78 is 4.93. The van der Waals surface area contributed by atoms with Crippen molar-refractivity contribution in [2.45, 2.75) is 13.8 Å².